The number of esters is 1. The summed E-state index contributed by atoms with van der Waals surface area (Å²) in [5.74, 6) is -1.11. The predicted molar refractivity (Wildman–Crippen MR) is 86.1 cm³/mol. The summed E-state index contributed by atoms with van der Waals surface area (Å²) in [4.78, 5) is 16.2. The van der Waals surface area contributed by atoms with Crippen LogP contribution in [0.3, 0.4) is 0 Å². The number of hydrogen-bond acceptors (Lipinski definition) is 4. The van der Waals surface area contributed by atoms with Crippen LogP contribution < -0.4 is 4.74 Å². The molecule has 2 rings (SSSR count). The molecule has 0 amide bonds. The molecule has 0 aliphatic rings. The fourth-order valence-electron chi connectivity index (χ4n) is 2.06. The van der Waals surface area contributed by atoms with Crippen LogP contribution in [0.25, 0.3) is 6.08 Å². The first kappa shape index (κ1) is 16.7. The van der Waals surface area contributed by atoms with Crippen molar-refractivity contribution in [3.63, 3.8) is 0 Å². The lowest BCUT2D eigenvalue weighted by molar-refractivity contribution is 0.0522. The summed E-state index contributed by atoms with van der Waals surface area (Å²) in [6.07, 6.45) is 3.68. The highest BCUT2D eigenvalue weighted by Crippen LogP contribution is 2.29. The van der Waals surface area contributed by atoms with Crippen molar-refractivity contribution in [3.8, 4) is 11.6 Å². The highest BCUT2D eigenvalue weighted by molar-refractivity contribution is 5.96. The highest BCUT2D eigenvalue weighted by Gasteiger charge is 2.20. The van der Waals surface area contributed by atoms with Crippen molar-refractivity contribution in [2.45, 2.75) is 20.3 Å². The first-order valence-electron chi connectivity index (χ1n) is 7.35. The summed E-state index contributed by atoms with van der Waals surface area (Å²) in [5, 5.41) is 0. The van der Waals surface area contributed by atoms with Gasteiger partial charge >= 0.3 is 5.97 Å². The van der Waals surface area contributed by atoms with Crippen LogP contribution in [0.1, 0.15) is 35.3 Å². The standard InChI is InChI=1S/C18H18FNO3/c1-4-12-7-8-15(14(19)11-12)23-17-16(18(21)22-6-3)13(5-2)9-10-20-17/h5,7-11H,2,4,6H2,1,3H3. The topological polar surface area (TPSA) is 48.4 Å². The maximum absolute atomic E-state index is 14.1. The number of aryl methyl sites for hydroxylation is 1. The van der Waals surface area contributed by atoms with Gasteiger partial charge in [0.1, 0.15) is 5.56 Å². The van der Waals surface area contributed by atoms with E-state index in [-0.39, 0.29) is 23.8 Å². The molecule has 0 saturated carbocycles. The zero-order chi connectivity index (χ0) is 16.8. The molecule has 0 saturated heterocycles. The third kappa shape index (κ3) is 3.74. The van der Waals surface area contributed by atoms with Crippen molar-refractivity contribution in [2.75, 3.05) is 6.61 Å². The number of carbonyl (C=O) groups excluding carboxylic acids is 1. The van der Waals surface area contributed by atoms with Crippen molar-refractivity contribution in [2.24, 2.45) is 0 Å². The zero-order valence-electron chi connectivity index (χ0n) is 13.1. The predicted octanol–water partition coefficient (Wildman–Crippen LogP) is 4.40. The maximum Gasteiger partial charge on any atom is 0.344 e. The lowest BCUT2D eigenvalue weighted by atomic mass is 10.1. The van der Waals surface area contributed by atoms with E-state index >= 15 is 0 Å². The smallest absolute Gasteiger partial charge is 0.344 e. The molecule has 120 valence electrons. The van der Waals surface area contributed by atoms with Gasteiger partial charge in [0, 0.05) is 6.20 Å². The van der Waals surface area contributed by atoms with Crippen LogP contribution in [0.4, 0.5) is 4.39 Å². The van der Waals surface area contributed by atoms with Crippen LogP contribution in [0.2, 0.25) is 0 Å². The van der Waals surface area contributed by atoms with E-state index in [1.807, 2.05) is 6.92 Å². The minimum absolute atomic E-state index is 0.00135. The van der Waals surface area contributed by atoms with Crippen LogP contribution in [0.5, 0.6) is 11.6 Å². The van der Waals surface area contributed by atoms with Crippen LogP contribution in [0, 0.1) is 5.82 Å². The summed E-state index contributed by atoms with van der Waals surface area (Å²) in [5.41, 5.74) is 1.50. The molecule has 0 radical (unpaired) electrons. The molecule has 2 aromatic rings. The highest BCUT2D eigenvalue weighted by atomic mass is 19.1. The summed E-state index contributed by atoms with van der Waals surface area (Å²) < 4.78 is 24.6. The normalized spacial score (nSPS) is 10.2. The summed E-state index contributed by atoms with van der Waals surface area (Å²) in [6.45, 7) is 7.50. The number of pyridine rings is 1. The Morgan fingerprint density at radius 1 is 1.35 bits per heavy atom. The Balaban J connectivity index is 2.43. The third-order valence-corrected chi connectivity index (χ3v) is 3.26. The first-order chi connectivity index (χ1) is 11.1. The van der Waals surface area contributed by atoms with E-state index in [1.54, 1.807) is 19.1 Å². The minimum Gasteiger partial charge on any atom is -0.462 e. The van der Waals surface area contributed by atoms with E-state index in [2.05, 4.69) is 11.6 Å². The monoisotopic (exact) mass is 315 g/mol. The lowest BCUT2D eigenvalue weighted by Crippen LogP contribution is -2.10. The van der Waals surface area contributed by atoms with Crippen molar-refractivity contribution >= 4 is 12.0 Å². The fraction of sp³-hybridized carbons (Fsp3) is 0.222. The molecule has 0 fully saturated rings. The van der Waals surface area contributed by atoms with Crippen molar-refractivity contribution in [3.05, 3.63) is 59.5 Å². The molecule has 0 spiro atoms. The number of halogens is 1. The van der Waals surface area contributed by atoms with Gasteiger partial charge < -0.3 is 9.47 Å². The molecule has 1 aromatic heterocycles. The quantitative estimate of drug-likeness (QED) is 0.742. The van der Waals surface area contributed by atoms with Crippen molar-refractivity contribution in [1.29, 1.82) is 0 Å². The van der Waals surface area contributed by atoms with E-state index in [0.29, 0.717) is 5.56 Å². The average molecular weight is 315 g/mol. The van der Waals surface area contributed by atoms with Crippen LogP contribution in [-0.4, -0.2) is 17.6 Å². The summed E-state index contributed by atoms with van der Waals surface area (Å²) in [6, 6.07) is 6.30. The molecule has 5 heteroatoms. The van der Waals surface area contributed by atoms with Crippen LogP contribution in [0.15, 0.2) is 37.0 Å². The second-order valence-corrected chi connectivity index (χ2v) is 4.73. The van der Waals surface area contributed by atoms with Crippen molar-refractivity contribution < 1.29 is 18.7 Å². The molecule has 0 aliphatic carbocycles. The van der Waals surface area contributed by atoms with E-state index in [1.165, 1.54) is 24.4 Å². The van der Waals surface area contributed by atoms with Crippen LogP contribution >= 0.6 is 0 Å². The number of ether oxygens (including phenoxy) is 2. The van der Waals surface area contributed by atoms with E-state index < -0.39 is 11.8 Å². The fourth-order valence-corrected chi connectivity index (χ4v) is 2.06. The maximum atomic E-state index is 14.1. The third-order valence-electron chi connectivity index (χ3n) is 3.26. The van der Waals surface area contributed by atoms with Gasteiger partial charge in [-0.2, -0.15) is 0 Å². The van der Waals surface area contributed by atoms with Gasteiger partial charge in [-0.1, -0.05) is 25.6 Å². The minimum atomic E-state index is -0.587. The number of benzene rings is 1. The van der Waals surface area contributed by atoms with Gasteiger partial charge in [0.05, 0.1) is 6.61 Å². The van der Waals surface area contributed by atoms with E-state index in [9.17, 15) is 9.18 Å². The van der Waals surface area contributed by atoms with Gasteiger partial charge in [-0.3, -0.25) is 0 Å². The van der Waals surface area contributed by atoms with Gasteiger partial charge in [-0.15, -0.1) is 0 Å². The number of carbonyl (C=O) groups is 1. The molecular formula is C18H18FNO3. The molecule has 0 aliphatic heterocycles. The zero-order valence-corrected chi connectivity index (χ0v) is 13.1. The van der Waals surface area contributed by atoms with Crippen LogP contribution in [-0.2, 0) is 11.2 Å². The van der Waals surface area contributed by atoms with E-state index in [4.69, 9.17) is 9.47 Å². The Hall–Kier alpha value is -2.69. The largest absolute Gasteiger partial charge is 0.462 e. The number of rotatable bonds is 6. The average Bonchev–Trinajstić information content (AvgIpc) is 2.56. The number of hydrogen-bond donors (Lipinski definition) is 0. The molecule has 1 heterocycles. The number of nitrogens with zero attached hydrogens (tertiary/aromatic N) is 1. The second kappa shape index (κ2) is 7.54. The Morgan fingerprint density at radius 3 is 2.74 bits per heavy atom. The Kier molecular flexibility index (Phi) is 5.46. The molecule has 0 unspecified atom stereocenters. The van der Waals surface area contributed by atoms with Crippen molar-refractivity contribution in [1.82, 2.24) is 4.98 Å². The second-order valence-electron chi connectivity index (χ2n) is 4.73. The van der Waals surface area contributed by atoms with Gasteiger partial charge in [0.2, 0.25) is 5.88 Å². The molecule has 0 bridgehead atoms. The molecule has 0 atom stereocenters. The SMILES string of the molecule is C=Cc1ccnc(Oc2ccc(CC)cc2F)c1C(=O)OCC. The Labute approximate surface area is 134 Å². The number of aromatic nitrogens is 1. The van der Waals surface area contributed by atoms with Gasteiger partial charge in [-0.05, 0) is 42.7 Å². The van der Waals surface area contributed by atoms with Gasteiger partial charge in [0.25, 0.3) is 0 Å². The Bertz CT molecular complexity index is 728. The molecule has 0 N–H and O–H groups in total. The van der Waals surface area contributed by atoms with Gasteiger partial charge in [-0.25, -0.2) is 14.2 Å². The molecule has 23 heavy (non-hydrogen) atoms. The molecule has 4 nitrogen and oxygen atoms in total. The van der Waals surface area contributed by atoms with Gasteiger partial charge in [0.15, 0.2) is 11.6 Å². The Morgan fingerprint density at radius 2 is 2.13 bits per heavy atom. The van der Waals surface area contributed by atoms with E-state index in [0.717, 1.165) is 12.0 Å². The molecule has 1 aromatic carbocycles. The lowest BCUT2D eigenvalue weighted by Gasteiger charge is -2.12. The summed E-state index contributed by atoms with van der Waals surface area (Å²) >= 11 is 0. The first-order valence-corrected chi connectivity index (χ1v) is 7.35. The summed E-state index contributed by atoms with van der Waals surface area (Å²) in [7, 11) is 0. The molecular weight excluding hydrogens is 297 g/mol.